The van der Waals surface area contributed by atoms with Crippen molar-refractivity contribution in [1.82, 2.24) is 4.98 Å². The number of aromatic carboxylic acids is 1. The van der Waals surface area contributed by atoms with Crippen LogP contribution in [0.3, 0.4) is 0 Å². The highest BCUT2D eigenvalue weighted by atomic mass is 19.1. The van der Waals surface area contributed by atoms with E-state index in [9.17, 15) is 14.3 Å². The molecule has 0 bridgehead atoms. The molecule has 0 amide bonds. The number of hydrogen-bond donors (Lipinski definition) is 1. The predicted molar refractivity (Wildman–Crippen MR) is 105 cm³/mol. The molecular formula is C22H21FN2O2. The standard InChI is InChI=1S/C22H21FN2O2/c23-16-10-11-18-17(14-16)19(22(26)27)21(25-12-6-1-2-7-13-25)20(24-18)15-8-4-3-5-9-15/h3-5,8-11,14H,1-2,6-7,12-13H2,(H,26,27). The Bertz CT molecular complexity index is 981. The number of carbonyl (C=O) groups is 1. The smallest absolute Gasteiger partial charge is 0.338 e. The molecule has 1 aliphatic rings. The van der Waals surface area contributed by atoms with Crippen LogP contribution in [0.5, 0.6) is 0 Å². The van der Waals surface area contributed by atoms with Crippen molar-refractivity contribution in [1.29, 1.82) is 0 Å². The third-order valence-corrected chi connectivity index (χ3v) is 5.10. The SMILES string of the molecule is O=C(O)c1c(N2CCCCCC2)c(-c2ccccc2)nc2ccc(F)cc12. The largest absolute Gasteiger partial charge is 0.478 e. The summed E-state index contributed by atoms with van der Waals surface area (Å²) in [4.78, 5) is 19.2. The van der Waals surface area contributed by atoms with Gasteiger partial charge in [-0.3, -0.25) is 0 Å². The predicted octanol–water partition coefficient (Wildman–Crippen LogP) is 5.12. The Morgan fingerprint density at radius 3 is 2.37 bits per heavy atom. The lowest BCUT2D eigenvalue weighted by molar-refractivity contribution is 0.0699. The Labute approximate surface area is 157 Å². The molecule has 1 aliphatic heterocycles. The van der Waals surface area contributed by atoms with Crippen molar-refractivity contribution in [3.8, 4) is 11.3 Å². The second-order valence-electron chi connectivity index (χ2n) is 6.92. The first-order valence-corrected chi connectivity index (χ1v) is 9.32. The molecule has 0 radical (unpaired) electrons. The van der Waals surface area contributed by atoms with Crippen LogP contribution < -0.4 is 4.90 Å². The van der Waals surface area contributed by atoms with E-state index < -0.39 is 11.8 Å². The third-order valence-electron chi connectivity index (χ3n) is 5.10. The summed E-state index contributed by atoms with van der Waals surface area (Å²) in [5.74, 6) is -1.51. The third kappa shape index (κ3) is 3.37. The molecule has 4 rings (SSSR count). The van der Waals surface area contributed by atoms with Crippen molar-refractivity contribution in [2.45, 2.75) is 25.7 Å². The minimum Gasteiger partial charge on any atom is -0.478 e. The molecule has 0 atom stereocenters. The van der Waals surface area contributed by atoms with Crippen LogP contribution in [0, 0.1) is 5.82 Å². The highest BCUT2D eigenvalue weighted by Gasteiger charge is 2.26. The number of halogens is 1. The van der Waals surface area contributed by atoms with Crippen molar-refractivity contribution < 1.29 is 14.3 Å². The van der Waals surface area contributed by atoms with Gasteiger partial charge in [0.1, 0.15) is 5.82 Å². The van der Waals surface area contributed by atoms with Gasteiger partial charge in [0.05, 0.1) is 22.5 Å². The van der Waals surface area contributed by atoms with Gasteiger partial charge in [-0.15, -0.1) is 0 Å². The van der Waals surface area contributed by atoms with Crippen molar-refractivity contribution in [2.24, 2.45) is 0 Å². The summed E-state index contributed by atoms with van der Waals surface area (Å²) in [5, 5.41) is 10.4. The zero-order valence-electron chi connectivity index (χ0n) is 15.0. The lowest BCUT2D eigenvalue weighted by Gasteiger charge is -2.27. The molecule has 1 fully saturated rings. The number of carboxylic acid groups (broad SMARTS) is 1. The number of hydrogen-bond acceptors (Lipinski definition) is 3. The van der Waals surface area contributed by atoms with E-state index in [2.05, 4.69) is 4.90 Å². The van der Waals surface area contributed by atoms with Gasteiger partial charge in [0.15, 0.2) is 0 Å². The zero-order valence-corrected chi connectivity index (χ0v) is 15.0. The number of benzene rings is 2. The molecule has 4 nitrogen and oxygen atoms in total. The first kappa shape index (κ1) is 17.5. The fourth-order valence-corrected chi connectivity index (χ4v) is 3.84. The average Bonchev–Trinajstić information content (AvgIpc) is 2.96. The molecule has 0 spiro atoms. The fraction of sp³-hybridized carbons (Fsp3) is 0.273. The topological polar surface area (TPSA) is 53.4 Å². The Morgan fingerprint density at radius 2 is 1.70 bits per heavy atom. The van der Waals surface area contributed by atoms with Gasteiger partial charge >= 0.3 is 5.97 Å². The van der Waals surface area contributed by atoms with E-state index in [-0.39, 0.29) is 5.56 Å². The van der Waals surface area contributed by atoms with E-state index in [0.717, 1.165) is 44.3 Å². The Balaban J connectivity index is 2.06. The van der Waals surface area contributed by atoms with Crippen molar-refractivity contribution >= 4 is 22.6 Å². The number of carboxylic acids is 1. The molecule has 0 aliphatic carbocycles. The Kier molecular flexibility index (Phi) is 4.75. The van der Waals surface area contributed by atoms with Crippen LogP contribution in [0.15, 0.2) is 48.5 Å². The quantitative estimate of drug-likeness (QED) is 0.701. The highest BCUT2D eigenvalue weighted by Crippen LogP contribution is 2.38. The van der Waals surface area contributed by atoms with Gasteiger partial charge in [-0.05, 0) is 31.0 Å². The van der Waals surface area contributed by atoms with E-state index in [1.54, 1.807) is 6.07 Å². The summed E-state index contributed by atoms with van der Waals surface area (Å²) in [6.07, 6.45) is 4.29. The second-order valence-corrected chi connectivity index (χ2v) is 6.92. The van der Waals surface area contributed by atoms with Crippen molar-refractivity contribution in [2.75, 3.05) is 18.0 Å². The van der Waals surface area contributed by atoms with E-state index in [1.807, 2.05) is 30.3 Å². The summed E-state index contributed by atoms with van der Waals surface area (Å²) in [7, 11) is 0. The average molecular weight is 364 g/mol. The van der Waals surface area contributed by atoms with Crippen LogP contribution in [0.2, 0.25) is 0 Å². The number of nitrogens with zero attached hydrogens (tertiary/aromatic N) is 2. The highest BCUT2D eigenvalue weighted by molar-refractivity contribution is 6.10. The number of anilines is 1. The maximum Gasteiger partial charge on any atom is 0.338 e. The van der Waals surface area contributed by atoms with Crippen LogP contribution in [0.4, 0.5) is 10.1 Å². The molecule has 1 saturated heterocycles. The molecule has 1 N–H and O–H groups in total. The lowest BCUT2D eigenvalue weighted by atomic mass is 9.99. The molecule has 2 heterocycles. The van der Waals surface area contributed by atoms with E-state index >= 15 is 0 Å². The molecule has 27 heavy (non-hydrogen) atoms. The molecule has 0 unspecified atom stereocenters. The van der Waals surface area contributed by atoms with Gasteiger partial charge in [-0.25, -0.2) is 14.2 Å². The van der Waals surface area contributed by atoms with Gasteiger partial charge in [0.25, 0.3) is 0 Å². The molecule has 138 valence electrons. The Morgan fingerprint density at radius 1 is 1.00 bits per heavy atom. The molecular weight excluding hydrogens is 343 g/mol. The van der Waals surface area contributed by atoms with Gasteiger partial charge in [0, 0.05) is 24.0 Å². The summed E-state index contributed by atoms with van der Waals surface area (Å²) in [6.45, 7) is 1.56. The summed E-state index contributed by atoms with van der Waals surface area (Å²) >= 11 is 0. The van der Waals surface area contributed by atoms with E-state index in [4.69, 9.17) is 4.98 Å². The summed E-state index contributed by atoms with van der Waals surface area (Å²) < 4.78 is 13.9. The molecule has 3 aromatic rings. The minimum absolute atomic E-state index is 0.139. The number of aromatic nitrogens is 1. The molecule has 2 aromatic carbocycles. The van der Waals surface area contributed by atoms with Crippen molar-refractivity contribution in [3.05, 3.63) is 59.9 Å². The minimum atomic E-state index is -1.05. The number of fused-ring (bicyclic) bond motifs is 1. The summed E-state index contributed by atoms with van der Waals surface area (Å²) in [6, 6.07) is 13.8. The van der Waals surface area contributed by atoms with Gasteiger partial charge in [-0.2, -0.15) is 0 Å². The zero-order chi connectivity index (χ0) is 18.8. The maximum absolute atomic E-state index is 13.9. The van der Waals surface area contributed by atoms with Crippen LogP contribution in [-0.2, 0) is 0 Å². The molecule has 0 saturated carbocycles. The Hall–Kier alpha value is -2.95. The van der Waals surface area contributed by atoms with E-state index in [0.29, 0.717) is 22.3 Å². The maximum atomic E-state index is 13.9. The summed E-state index contributed by atoms with van der Waals surface area (Å²) in [5.41, 5.74) is 2.75. The second kappa shape index (κ2) is 7.35. The van der Waals surface area contributed by atoms with Crippen LogP contribution in [-0.4, -0.2) is 29.1 Å². The number of pyridine rings is 1. The number of rotatable bonds is 3. The van der Waals surface area contributed by atoms with Gasteiger partial charge < -0.3 is 10.0 Å². The van der Waals surface area contributed by atoms with Crippen LogP contribution >= 0.6 is 0 Å². The van der Waals surface area contributed by atoms with Crippen LogP contribution in [0.25, 0.3) is 22.2 Å². The van der Waals surface area contributed by atoms with Gasteiger partial charge in [-0.1, -0.05) is 43.2 Å². The van der Waals surface area contributed by atoms with E-state index in [1.165, 1.54) is 12.1 Å². The first-order chi connectivity index (χ1) is 13.1. The lowest BCUT2D eigenvalue weighted by Crippen LogP contribution is -2.27. The first-order valence-electron chi connectivity index (χ1n) is 9.32. The molecule has 5 heteroatoms. The fourth-order valence-electron chi connectivity index (χ4n) is 3.84. The molecule has 1 aromatic heterocycles. The van der Waals surface area contributed by atoms with Crippen molar-refractivity contribution in [3.63, 3.8) is 0 Å². The van der Waals surface area contributed by atoms with Crippen LogP contribution in [0.1, 0.15) is 36.0 Å². The monoisotopic (exact) mass is 364 g/mol. The van der Waals surface area contributed by atoms with Gasteiger partial charge in [0.2, 0.25) is 0 Å². The normalized spacial score (nSPS) is 14.9.